The van der Waals surface area contributed by atoms with E-state index in [0.29, 0.717) is 42.6 Å². The lowest BCUT2D eigenvalue weighted by Gasteiger charge is -2.60. The number of aliphatic hydroxyl groups is 2. The highest BCUT2D eigenvalue weighted by atomic mass is 16.5. The van der Waals surface area contributed by atoms with Gasteiger partial charge in [-0.15, -0.1) is 0 Å². The first-order chi connectivity index (χ1) is 14.7. The molecule has 1 aromatic rings. The van der Waals surface area contributed by atoms with Gasteiger partial charge < -0.3 is 14.9 Å². The second-order valence-corrected chi connectivity index (χ2v) is 10.8. The Morgan fingerprint density at radius 1 is 1.13 bits per heavy atom. The summed E-state index contributed by atoms with van der Waals surface area (Å²) in [5.41, 5.74) is -0.534. The molecule has 0 saturated heterocycles. The van der Waals surface area contributed by atoms with Crippen molar-refractivity contribution < 1.29 is 19.7 Å². The number of para-hydroxylation sites is 1. The molecule has 0 heterocycles. The average molecular weight is 423 g/mol. The summed E-state index contributed by atoms with van der Waals surface area (Å²) in [6.07, 6.45) is 6.68. The second-order valence-electron chi connectivity index (χ2n) is 10.8. The van der Waals surface area contributed by atoms with Crippen molar-refractivity contribution in [3.8, 4) is 5.75 Å². The molecule has 4 aliphatic carbocycles. The molecule has 7 atom stereocenters. The SMILES string of the molecule is C=C(Oc1ccccc1)[C@@]1(O)CC[C@H]2[C@@H]3CCC4=CC(=O)CC[C@]4(C)[C@H]3[C@@H](O)C[C@@]21C. The normalized spacial score (nSPS) is 44.0. The van der Waals surface area contributed by atoms with E-state index < -0.39 is 17.1 Å². The minimum atomic E-state index is -1.17. The summed E-state index contributed by atoms with van der Waals surface area (Å²) in [5, 5.41) is 23.4. The van der Waals surface area contributed by atoms with Gasteiger partial charge in [0, 0.05) is 11.8 Å². The predicted octanol–water partition coefficient (Wildman–Crippen LogP) is 4.81. The van der Waals surface area contributed by atoms with Crippen molar-refractivity contribution in [2.75, 3.05) is 0 Å². The van der Waals surface area contributed by atoms with Gasteiger partial charge in [-0.05, 0) is 79.9 Å². The highest BCUT2D eigenvalue weighted by Crippen LogP contribution is 2.68. The number of hydrogen-bond donors (Lipinski definition) is 2. The first-order valence-corrected chi connectivity index (χ1v) is 11.8. The zero-order valence-corrected chi connectivity index (χ0v) is 18.6. The van der Waals surface area contributed by atoms with Crippen LogP contribution in [-0.4, -0.2) is 27.7 Å². The van der Waals surface area contributed by atoms with Crippen LogP contribution < -0.4 is 4.74 Å². The molecule has 1 aromatic carbocycles. The van der Waals surface area contributed by atoms with E-state index in [0.717, 1.165) is 25.7 Å². The molecule has 0 amide bonds. The highest BCUT2D eigenvalue weighted by molar-refractivity contribution is 5.91. The van der Waals surface area contributed by atoms with E-state index in [1.807, 2.05) is 36.4 Å². The number of benzene rings is 1. The minimum absolute atomic E-state index is 0.115. The lowest BCUT2D eigenvalue weighted by atomic mass is 9.45. The molecule has 3 fully saturated rings. The van der Waals surface area contributed by atoms with Crippen LogP contribution in [0.25, 0.3) is 0 Å². The lowest BCUT2D eigenvalue weighted by molar-refractivity contribution is -0.166. The van der Waals surface area contributed by atoms with Gasteiger partial charge >= 0.3 is 0 Å². The van der Waals surface area contributed by atoms with Gasteiger partial charge in [-0.3, -0.25) is 4.79 Å². The Balaban J connectivity index is 1.46. The van der Waals surface area contributed by atoms with E-state index in [1.165, 1.54) is 5.57 Å². The number of aliphatic hydroxyl groups excluding tert-OH is 1. The quantitative estimate of drug-likeness (QED) is 0.686. The predicted molar refractivity (Wildman–Crippen MR) is 119 cm³/mol. The number of fused-ring (bicyclic) bond motifs is 5. The van der Waals surface area contributed by atoms with Crippen LogP contribution in [0, 0.1) is 28.6 Å². The van der Waals surface area contributed by atoms with Crippen molar-refractivity contribution in [1.29, 1.82) is 0 Å². The molecule has 0 unspecified atom stereocenters. The Morgan fingerprint density at radius 2 is 1.87 bits per heavy atom. The third-order valence-electron chi connectivity index (χ3n) is 9.49. The number of carbonyl (C=O) groups excluding carboxylic acids is 1. The van der Waals surface area contributed by atoms with Gasteiger partial charge in [0.2, 0.25) is 0 Å². The van der Waals surface area contributed by atoms with E-state index >= 15 is 0 Å². The van der Waals surface area contributed by atoms with Crippen LogP contribution in [0.5, 0.6) is 5.75 Å². The number of ketones is 1. The maximum atomic E-state index is 12.0. The fraction of sp³-hybridized carbons (Fsp3) is 0.593. The fourth-order valence-electron chi connectivity index (χ4n) is 7.87. The molecule has 4 nitrogen and oxygen atoms in total. The van der Waals surface area contributed by atoms with Crippen molar-refractivity contribution in [3.05, 3.63) is 54.3 Å². The van der Waals surface area contributed by atoms with Gasteiger partial charge in [-0.1, -0.05) is 44.2 Å². The molecule has 4 aliphatic rings. The van der Waals surface area contributed by atoms with Crippen LogP contribution in [0.4, 0.5) is 0 Å². The maximum absolute atomic E-state index is 12.0. The molecule has 0 bridgehead atoms. The van der Waals surface area contributed by atoms with E-state index in [4.69, 9.17) is 4.74 Å². The van der Waals surface area contributed by atoms with Crippen LogP contribution >= 0.6 is 0 Å². The lowest BCUT2D eigenvalue weighted by Crippen LogP contribution is -2.60. The standard InChI is InChI=1S/C27H34O4/c1-17(31-20-7-5-4-6-8-20)27(30)14-12-22-21-10-9-18-15-19(28)11-13-25(18,2)24(21)23(29)16-26(22,27)3/h4-8,15,21-24,29-30H,1,9-14,16H2,2-3H3/t21-,22-,23-,24+,25-,26-,27-/m0/s1. The van der Waals surface area contributed by atoms with Gasteiger partial charge in [-0.25, -0.2) is 0 Å². The van der Waals surface area contributed by atoms with Gasteiger partial charge in [0.25, 0.3) is 0 Å². The molecule has 5 rings (SSSR count). The van der Waals surface area contributed by atoms with Crippen LogP contribution in [0.15, 0.2) is 54.3 Å². The molecule has 166 valence electrons. The van der Waals surface area contributed by atoms with Crippen molar-refractivity contribution in [3.63, 3.8) is 0 Å². The third kappa shape index (κ3) is 2.91. The Kier molecular flexibility index (Phi) is 4.76. The Labute approximate surface area is 185 Å². The second kappa shape index (κ2) is 7.05. The van der Waals surface area contributed by atoms with Crippen molar-refractivity contribution >= 4 is 5.78 Å². The van der Waals surface area contributed by atoms with Gasteiger partial charge in [0.05, 0.1) is 6.10 Å². The zero-order valence-electron chi connectivity index (χ0n) is 18.6. The average Bonchev–Trinajstić information content (AvgIpc) is 3.00. The summed E-state index contributed by atoms with van der Waals surface area (Å²) in [7, 11) is 0. The molecule has 2 N–H and O–H groups in total. The first kappa shape index (κ1) is 21.0. The summed E-state index contributed by atoms with van der Waals surface area (Å²) in [4.78, 5) is 12.0. The summed E-state index contributed by atoms with van der Waals surface area (Å²) in [6.45, 7) is 8.54. The molecule has 0 spiro atoms. The van der Waals surface area contributed by atoms with Crippen molar-refractivity contribution in [1.82, 2.24) is 0 Å². The summed E-state index contributed by atoms with van der Waals surface area (Å²) in [5.74, 6) is 2.07. The number of rotatable bonds is 3. The largest absolute Gasteiger partial charge is 0.459 e. The monoisotopic (exact) mass is 422 g/mol. The molecule has 0 aromatic heterocycles. The third-order valence-corrected chi connectivity index (χ3v) is 9.49. The Morgan fingerprint density at radius 3 is 2.61 bits per heavy atom. The Hall–Kier alpha value is -1.91. The van der Waals surface area contributed by atoms with Crippen molar-refractivity contribution in [2.24, 2.45) is 28.6 Å². The van der Waals surface area contributed by atoms with Crippen LogP contribution in [0.3, 0.4) is 0 Å². The first-order valence-electron chi connectivity index (χ1n) is 11.8. The molecule has 0 aliphatic heterocycles. The van der Waals surface area contributed by atoms with Crippen LogP contribution in [-0.2, 0) is 4.79 Å². The van der Waals surface area contributed by atoms with Gasteiger partial charge in [-0.2, -0.15) is 0 Å². The number of carbonyl (C=O) groups is 1. The molecule has 0 radical (unpaired) electrons. The number of ether oxygens (including phenoxy) is 1. The maximum Gasteiger partial charge on any atom is 0.155 e. The van der Waals surface area contributed by atoms with Crippen molar-refractivity contribution in [2.45, 2.75) is 70.5 Å². The zero-order chi connectivity index (χ0) is 22.0. The van der Waals surface area contributed by atoms with E-state index in [1.54, 1.807) is 0 Å². The molecule has 31 heavy (non-hydrogen) atoms. The topological polar surface area (TPSA) is 66.8 Å². The molecule has 4 heteroatoms. The summed E-state index contributed by atoms with van der Waals surface area (Å²) >= 11 is 0. The highest BCUT2D eigenvalue weighted by Gasteiger charge is 2.67. The molecular formula is C27H34O4. The fourth-order valence-corrected chi connectivity index (χ4v) is 7.87. The summed E-state index contributed by atoms with van der Waals surface area (Å²) < 4.78 is 6.03. The van der Waals surface area contributed by atoms with Gasteiger partial charge in [0.1, 0.15) is 17.1 Å². The number of allylic oxidation sites excluding steroid dienone is 1. The molecule has 3 saturated carbocycles. The minimum Gasteiger partial charge on any atom is -0.459 e. The van der Waals surface area contributed by atoms with Gasteiger partial charge in [0.15, 0.2) is 5.78 Å². The van der Waals surface area contributed by atoms with E-state index in [-0.39, 0.29) is 17.1 Å². The number of hydrogen-bond acceptors (Lipinski definition) is 4. The Bertz CT molecular complexity index is 936. The van der Waals surface area contributed by atoms with Crippen LogP contribution in [0.2, 0.25) is 0 Å². The van der Waals surface area contributed by atoms with E-state index in [2.05, 4.69) is 20.4 Å². The smallest absolute Gasteiger partial charge is 0.155 e. The summed E-state index contributed by atoms with van der Waals surface area (Å²) in [6, 6.07) is 9.48. The van der Waals surface area contributed by atoms with Crippen LogP contribution in [0.1, 0.15) is 58.8 Å². The molecular weight excluding hydrogens is 388 g/mol. The van der Waals surface area contributed by atoms with E-state index in [9.17, 15) is 15.0 Å².